The van der Waals surface area contributed by atoms with Crippen LogP contribution in [0.15, 0.2) is 293 Å². The first-order chi connectivity index (χ1) is 40.2. The number of benzene rings is 10. The van der Waals surface area contributed by atoms with Crippen LogP contribution >= 0.6 is 0 Å². The number of hydrogen-bond acceptors (Lipinski definition) is 8. The Morgan fingerprint density at radius 2 is 0.778 bits per heavy atom. The number of rotatable bonds is 9. The molecule has 81 heavy (non-hydrogen) atoms. The number of aliphatic imine (C=N–C) groups is 4. The second-order valence-corrected chi connectivity index (χ2v) is 20.9. The molecule has 4 atom stereocenters. The van der Waals surface area contributed by atoms with E-state index in [0.717, 1.165) is 130 Å². The normalized spacial score (nSPS) is 17.9. The second kappa shape index (κ2) is 19.1. The Hall–Kier alpha value is -10.6. The molecule has 12 aromatic rings. The molecule has 9 heteroatoms. The molecule has 0 aliphatic carbocycles. The summed E-state index contributed by atoms with van der Waals surface area (Å²) in [7, 11) is 0. The molecule has 2 aromatic heterocycles. The van der Waals surface area contributed by atoms with E-state index < -0.39 is 0 Å². The number of amidine groups is 4. The topological polar surface area (TPSA) is 86.1 Å². The van der Waals surface area contributed by atoms with Crippen molar-refractivity contribution in [1.29, 1.82) is 0 Å². The summed E-state index contributed by atoms with van der Waals surface area (Å²) in [6.45, 7) is 0. The summed E-state index contributed by atoms with van der Waals surface area (Å²) in [5.74, 6) is 4.40. The van der Waals surface area contributed by atoms with Crippen molar-refractivity contribution in [3.05, 3.63) is 317 Å². The van der Waals surface area contributed by atoms with Gasteiger partial charge in [-0.25, -0.2) is 20.0 Å². The van der Waals surface area contributed by atoms with Crippen LogP contribution < -0.4 is 0 Å². The Balaban J connectivity index is 0.879. The van der Waals surface area contributed by atoms with Crippen molar-refractivity contribution in [2.24, 2.45) is 20.0 Å². The number of para-hydroxylation sites is 3. The quantitative estimate of drug-likeness (QED) is 0.144. The number of aromatic nitrogens is 3. The maximum atomic E-state index is 5.75. The van der Waals surface area contributed by atoms with Crippen molar-refractivity contribution < 1.29 is 0 Å². The fourth-order valence-corrected chi connectivity index (χ4v) is 12.5. The van der Waals surface area contributed by atoms with E-state index in [2.05, 4.69) is 287 Å². The predicted octanol–water partition coefficient (Wildman–Crippen LogP) is 16.2. The van der Waals surface area contributed by atoms with Crippen molar-refractivity contribution in [2.75, 3.05) is 0 Å². The molecule has 0 amide bonds. The van der Waals surface area contributed by atoms with E-state index >= 15 is 0 Å². The first-order valence-electron chi connectivity index (χ1n) is 27.6. The van der Waals surface area contributed by atoms with Gasteiger partial charge in [0.15, 0.2) is 0 Å². The van der Waals surface area contributed by atoms with Gasteiger partial charge in [0.1, 0.15) is 46.9 Å². The fourth-order valence-electron chi connectivity index (χ4n) is 12.5. The van der Waals surface area contributed by atoms with Crippen LogP contribution in [-0.4, -0.2) is 47.5 Å². The molecule has 0 radical (unpaired) electrons. The first kappa shape index (κ1) is 46.5. The van der Waals surface area contributed by atoms with E-state index in [-0.39, 0.29) is 24.2 Å². The van der Waals surface area contributed by atoms with Crippen LogP contribution in [0.4, 0.5) is 11.4 Å². The van der Waals surface area contributed by atoms with Gasteiger partial charge in [0.05, 0.1) is 40.4 Å². The molecule has 10 aromatic carbocycles. The molecule has 0 saturated carbocycles. The highest BCUT2D eigenvalue weighted by Crippen LogP contribution is 2.50. The van der Waals surface area contributed by atoms with E-state index in [4.69, 9.17) is 29.9 Å². The Kier molecular flexibility index (Phi) is 10.9. The lowest BCUT2D eigenvalue weighted by molar-refractivity contribution is 0.426. The molecule has 4 aliphatic rings. The van der Waals surface area contributed by atoms with Gasteiger partial charge in [0, 0.05) is 44.3 Å². The highest BCUT2D eigenvalue weighted by atomic mass is 15.3. The minimum absolute atomic E-state index is 0.170. The monoisotopic (exact) mass is 1040 g/mol. The number of fused-ring (bicyclic) bond motifs is 9. The summed E-state index contributed by atoms with van der Waals surface area (Å²) in [4.78, 5) is 38.1. The largest absolute Gasteiger partial charge is 0.300 e. The van der Waals surface area contributed by atoms with E-state index in [1.807, 2.05) is 0 Å². The van der Waals surface area contributed by atoms with Crippen LogP contribution in [0.2, 0.25) is 0 Å². The van der Waals surface area contributed by atoms with Gasteiger partial charge in [0.25, 0.3) is 0 Å². The minimum atomic E-state index is -0.297. The van der Waals surface area contributed by atoms with E-state index in [0.29, 0.717) is 0 Å². The molecule has 0 saturated heterocycles. The Morgan fingerprint density at radius 3 is 1.35 bits per heavy atom. The SMILES string of the molecule is c1ccc(C2=Nc3ccccc3C3=NC(c4ccc(-c5c(-c6cccc(C7N=C8c9ccccc9N=C(c9ccccc9)N8C7c7ccccc7)c6)nc6c7ccccc7nc(-c7ccccc7)n56)cc4)C(c4ccccc4)N23)cc1. The smallest absolute Gasteiger partial charge is 0.149 e. The van der Waals surface area contributed by atoms with E-state index in [9.17, 15) is 0 Å². The van der Waals surface area contributed by atoms with Gasteiger partial charge < -0.3 is 9.80 Å². The van der Waals surface area contributed by atoms with Gasteiger partial charge in [-0.2, -0.15) is 0 Å². The van der Waals surface area contributed by atoms with Crippen molar-refractivity contribution in [3.63, 3.8) is 0 Å². The predicted molar refractivity (Wildman–Crippen MR) is 326 cm³/mol. The molecule has 9 nitrogen and oxygen atoms in total. The van der Waals surface area contributed by atoms with Crippen LogP contribution in [-0.2, 0) is 0 Å². The summed E-state index contributed by atoms with van der Waals surface area (Å²) < 4.78 is 2.28. The van der Waals surface area contributed by atoms with Crippen LogP contribution in [0.25, 0.3) is 50.5 Å². The summed E-state index contributed by atoms with van der Waals surface area (Å²) >= 11 is 0. The Morgan fingerprint density at radius 1 is 0.321 bits per heavy atom. The third-order valence-corrected chi connectivity index (χ3v) is 16.2. The Bertz CT molecular complexity index is 4530. The van der Waals surface area contributed by atoms with Gasteiger partial charge >= 0.3 is 0 Å². The van der Waals surface area contributed by atoms with Crippen molar-refractivity contribution in [3.8, 4) is 33.9 Å². The molecule has 4 aliphatic heterocycles. The van der Waals surface area contributed by atoms with Gasteiger partial charge in [-0.3, -0.25) is 14.4 Å². The van der Waals surface area contributed by atoms with Crippen molar-refractivity contribution in [1.82, 2.24) is 24.2 Å². The highest BCUT2D eigenvalue weighted by Gasteiger charge is 2.46. The third-order valence-electron chi connectivity index (χ3n) is 16.2. The minimum Gasteiger partial charge on any atom is -0.300 e. The highest BCUT2D eigenvalue weighted by molar-refractivity contribution is 6.22. The lowest BCUT2D eigenvalue weighted by atomic mass is 9.90. The van der Waals surface area contributed by atoms with Gasteiger partial charge in [-0.05, 0) is 64.7 Å². The standard InChI is InChI=1S/C72H49N9/c1-6-23-47(24-7-1)64-61(76-70-55-35-16-19-38-58(55)73-67(79(64)70)50-27-10-3-11-28-50)46-41-43-49(44-42-46)66-63(78-72-57-37-18-21-40-60(57)75-69(81(66)72)52-31-14-5-15-32-52)54-34-22-33-53(45-54)62-65(48-25-8-2-9-26-48)80-68(51-29-12-4-13-30-51)74-59-39-20-17-36-56(59)71(80)77-62/h1-45,61-62,64-65H. The summed E-state index contributed by atoms with van der Waals surface area (Å²) in [6.07, 6.45) is 0. The zero-order valence-electron chi connectivity index (χ0n) is 43.8. The zero-order valence-corrected chi connectivity index (χ0v) is 43.8. The maximum Gasteiger partial charge on any atom is 0.149 e. The maximum absolute atomic E-state index is 5.75. The molecule has 0 spiro atoms. The molecular formula is C72H49N9. The zero-order chi connectivity index (χ0) is 53.4. The lowest BCUT2D eigenvalue weighted by Gasteiger charge is -2.34. The second-order valence-electron chi connectivity index (χ2n) is 20.9. The van der Waals surface area contributed by atoms with Gasteiger partial charge in [-0.1, -0.05) is 231 Å². The van der Waals surface area contributed by atoms with E-state index in [1.165, 1.54) is 0 Å². The Labute approximate surface area is 468 Å². The number of nitrogens with zero attached hydrogens (tertiary/aromatic N) is 9. The molecule has 0 N–H and O–H groups in total. The molecule has 382 valence electrons. The molecule has 0 fully saturated rings. The summed E-state index contributed by atoms with van der Waals surface area (Å²) in [6, 6.07) is 95.1. The van der Waals surface area contributed by atoms with Crippen LogP contribution in [0.3, 0.4) is 0 Å². The number of hydrogen-bond donors (Lipinski definition) is 0. The number of imidazole rings is 1. The third kappa shape index (κ3) is 7.69. The van der Waals surface area contributed by atoms with Crippen molar-refractivity contribution >= 4 is 51.3 Å². The molecule has 0 bridgehead atoms. The van der Waals surface area contributed by atoms with Crippen molar-refractivity contribution in [2.45, 2.75) is 24.2 Å². The van der Waals surface area contributed by atoms with Gasteiger partial charge in [0.2, 0.25) is 0 Å². The molecule has 16 rings (SSSR count). The average Bonchev–Trinajstić information content (AvgIpc) is 4.46. The van der Waals surface area contributed by atoms with Gasteiger partial charge in [-0.15, -0.1) is 0 Å². The lowest BCUT2D eigenvalue weighted by Crippen LogP contribution is -2.40. The molecular weight excluding hydrogens is 991 g/mol. The molecule has 4 unspecified atom stereocenters. The van der Waals surface area contributed by atoms with E-state index in [1.54, 1.807) is 0 Å². The van der Waals surface area contributed by atoms with Crippen LogP contribution in [0.1, 0.15) is 68.7 Å². The van der Waals surface area contributed by atoms with Crippen LogP contribution in [0.5, 0.6) is 0 Å². The molecule has 6 heterocycles. The first-order valence-corrected chi connectivity index (χ1v) is 27.6. The summed E-state index contributed by atoms with van der Waals surface area (Å²) in [5, 5.41) is 0.965. The van der Waals surface area contributed by atoms with Crippen LogP contribution in [0, 0.1) is 0 Å². The summed E-state index contributed by atoms with van der Waals surface area (Å²) in [5.41, 5.74) is 16.9. The average molecular weight is 1040 g/mol. The fraction of sp³-hybridized carbons (Fsp3) is 0.0556.